The van der Waals surface area contributed by atoms with E-state index in [1.54, 1.807) is 19.1 Å². The van der Waals surface area contributed by atoms with Crippen LogP contribution in [0.25, 0.3) is 0 Å². The first-order chi connectivity index (χ1) is 16.1. The van der Waals surface area contributed by atoms with E-state index in [1.807, 2.05) is 24.1 Å². The van der Waals surface area contributed by atoms with Crippen molar-refractivity contribution in [3.63, 3.8) is 0 Å². The molecule has 1 heterocycles. The number of hydrogen-bond acceptors (Lipinski definition) is 3. The van der Waals surface area contributed by atoms with Crippen LogP contribution in [0.3, 0.4) is 0 Å². The number of nitrogens with one attached hydrogen (secondary N) is 1. The Labute approximate surface area is 203 Å². The largest absolute Gasteiger partial charge is 0.326 e. The van der Waals surface area contributed by atoms with Crippen molar-refractivity contribution in [3.8, 4) is 0 Å². The number of fused-ring (bicyclic) bond motifs is 5. The summed E-state index contributed by atoms with van der Waals surface area (Å²) in [5.74, 6) is 2.13. The summed E-state index contributed by atoms with van der Waals surface area (Å²) in [4.78, 5) is 39.4. The Morgan fingerprint density at radius 1 is 1.03 bits per heavy atom. The predicted octanol–water partition coefficient (Wildman–Crippen LogP) is 5.82. The van der Waals surface area contributed by atoms with Crippen molar-refractivity contribution in [2.75, 3.05) is 12.4 Å². The summed E-state index contributed by atoms with van der Waals surface area (Å²) >= 11 is 0. The quantitative estimate of drug-likeness (QED) is 0.575. The van der Waals surface area contributed by atoms with Crippen LogP contribution in [0.4, 0.5) is 5.69 Å². The zero-order valence-corrected chi connectivity index (χ0v) is 21.2. The molecular formula is C29H38N2O3. The topological polar surface area (TPSA) is 66.5 Å². The average molecular weight is 463 g/mol. The molecule has 6 atom stereocenters. The number of anilines is 1. The maximum Gasteiger partial charge on any atom is 0.228 e. The number of carbonyl (C=O) groups excluding carboxylic acids is 3. The third kappa shape index (κ3) is 3.37. The molecule has 1 N–H and O–H groups in total. The van der Waals surface area contributed by atoms with Crippen molar-refractivity contribution in [2.45, 2.75) is 72.6 Å². The minimum Gasteiger partial charge on any atom is -0.326 e. The maximum absolute atomic E-state index is 13.5. The summed E-state index contributed by atoms with van der Waals surface area (Å²) in [6, 6.07) is 7.23. The Morgan fingerprint density at radius 2 is 1.74 bits per heavy atom. The molecule has 34 heavy (non-hydrogen) atoms. The van der Waals surface area contributed by atoms with Crippen LogP contribution >= 0.6 is 0 Å². The molecule has 3 aliphatic carbocycles. The Morgan fingerprint density at radius 3 is 2.41 bits per heavy atom. The van der Waals surface area contributed by atoms with Gasteiger partial charge in [-0.05, 0) is 99.8 Å². The average Bonchev–Trinajstić information content (AvgIpc) is 3.14. The van der Waals surface area contributed by atoms with Gasteiger partial charge >= 0.3 is 0 Å². The lowest BCUT2D eigenvalue weighted by atomic mass is 9.48. The monoisotopic (exact) mass is 462 g/mol. The molecule has 1 aromatic carbocycles. The van der Waals surface area contributed by atoms with Crippen LogP contribution < -0.4 is 5.32 Å². The molecule has 5 rings (SSSR count). The van der Waals surface area contributed by atoms with Crippen LogP contribution in [0.15, 0.2) is 35.5 Å². The summed E-state index contributed by atoms with van der Waals surface area (Å²) in [5, 5.41) is 3.15. The highest BCUT2D eigenvalue weighted by molar-refractivity contribution is 5.96. The van der Waals surface area contributed by atoms with Crippen LogP contribution in [0.2, 0.25) is 0 Å². The molecule has 0 radical (unpaired) electrons. The highest BCUT2D eigenvalue weighted by Gasteiger charge is 2.61. The van der Waals surface area contributed by atoms with Gasteiger partial charge in [0.25, 0.3) is 0 Å². The summed E-state index contributed by atoms with van der Waals surface area (Å²) in [7, 11) is 1.96. The number of allylic oxidation sites excluding steroid dienone is 2. The molecule has 2 amide bonds. The Balaban J connectivity index is 1.38. The van der Waals surface area contributed by atoms with Gasteiger partial charge in [-0.15, -0.1) is 0 Å². The zero-order chi connectivity index (χ0) is 24.4. The van der Waals surface area contributed by atoms with E-state index in [1.165, 1.54) is 11.3 Å². The van der Waals surface area contributed by atoms with E-state index in [0.717, 1.165) is 44.2 Å². The molecule has 4 aliphatic rings. The SMILES string of the molecule is CC(=O)c1ccc(NC(=O)[C@H]2CC[C@H]3C4CC(C)=C5N(C)C(=O)CC[C@]5(C)C4CC[C@]23C)cc1. The van der Waals surface area contributed by atoms with Gasteiger partial charge in [0.2, 0.25) is 11.8 Å². The number of Topliss-reactive ketones (excluding diaryl/α,β-unsaturated/α-hetero) is 1. The second-order valence-electron chi connectivity index (χ2n) is 11.9. The smallest absolute Gasteiger partial charge is 0.228 e. The standard InChI is InChI=1S/C29H38N2O3/c1-17-16-21-22-10-11-24(27(34)30-20-8-6-19(7-9-20)18(2)32)28(22,3)14-12-23(21)29(4)15-13-25(33)31(5)26(17)29/h6-9,21-24H,10-16H2,1-5H3,(H,30,34)/t21?,22-,23?,24+,28-,29+/m0/s1. The third-order valence-corrected chi connectivity index (χ3v) is 10.2. The first kappa shape index (κ1) is 23.3. The molecular weight excluding hydrogens is 424 g/mol. The Bertz CT molecular complexity index is 1070. The number of benzene rings is 1. The molecule has 5 nitrogen and oxygen atoms in total. The van der Waals surface area contributed by atoms with E-state index in [9.17, 15) is 14.4 Å². The van der Waals surface area contributed by atoms with Crippen LogP contribution in [-0.4, -0.2) is 29.5 Å². The normalized spacial score (nSPS) is 37.1. The van der Waals surface area contributed by atoms with Crippen molar-refractivity contribution in [2.24, 2.45) is 34.5 Å². The van der Waals surface area contributed by atoms with E-state index in [4.69, 9.17) is 0 Å². The Hall–Kier alpha value is -2.43. The summed E-state index contributed by atoms with van der Waals surface area (Å²) in [6.07, 6.45) is 6.88. The number of likely N-dealkylation sites (tertiary alicyclic amines) is 1. The zero-order valence-electron chi connectivity index (χ0n) is 21.2. The van der Waals surface area contributed by atoms with Gasteiger partial charge in [0, 0.05) is 41.7 Å². The van der Waals surface area contributed by atoms with Gasteiger partial charge in [-0.2, -0.15) is 0 Å². The molecule has 0 bridgehead atoms. The summed E-state index contributed by atoms with van der Waals surface area (Å²) in [6.45, 7) is 8.54. The van der Waals surface area contributed by atoms with E-state index in [-0.39, 0.29) is 34.3 Å². The number of nitrogens with zero attached hydrogens (tertiary/aromatic N) is 1. The number of amides is 2. The summed E-state index contributed by atoms with van der Waals surface area (Å²) in [5.41, 5.74) is 4.16. The van der Waals surface area contributed by atoms with Gasteiger partial charge < -0.3 is 10.2 Å². The van der Waals surface area contributed by atoms with Gasteiger partial charge in [0.1, 0.15) is 0 Å². The third-order valence-electron chi connectivity index (χ3n) is 10.2. The molecule has 2 saturated carbocycles. The van der Waals surface area contributed by atoms with Crippen molar-refractivity contribution in [3.05, 3.63) is 41.1 Å². The van der Waals surface area contributed by atoms with Crippen LogP contribution in [0, 0.1) is 34.5 Å². The van der Waals surface area contributed by atoms with E-state index < -0.39 is 0 Å². The van der Waals surface area contributed by atoms with E-state index in [0.29, 0.717) is 29.7 Å². The molecule has 5 heteroatoms. The molecule has 2 unspecified atom stereocenters. The fraction of sp³-hybridized carbons (Fsp3) is 0.621. The highest BCUT2D eigenvalue weighted by Crippen LogP contribution is 2.66. The number of hydrogen-bond donors (Lipinski definition) is 1. The van der Waals surface area contributed by atoms with Crippen LogP contribution in [-0.2, 0) is 9.59 Å². The molecule has 182 valence electrons. The minimum atomic E-state index is 0.00903. The fourth-order valence-electron chi connectivity index (χ4n) is 8.56. The second-order valence-corrected chi connectivity index (χ2v) is 11.9. The lowest BCUT2D eigenvalue weighted by molar-refractivity contribution is -0.137. The second kappa shape index (κ2) is 8.07. The van der Waals surface area contributed by atoms with Gasteiger partial charge in [-0.1, -0.05) is 19.4 Å². The number of piperidine rings is 1. The molecule has 0 aromatic heterocycles. The number of ketones is 1. The van der Waals surface area contributed by atoms with Gasteiger partial charge in [0.05, 0.1) is 0 Å². The molecule has 1 saturated heterocycles. The lowest BCUT2D eigenvalue weighted by Gasteiger charge is -2.59. The molecule has 1 aromatic rings. The van der Waals surface area contributed by atoms with Crippen LogP contribution in [0.1, 0.15) is 83.0 Å². The van der Waals surface area contributed by atoms with Crippen LogP contribution in [0.5, 0.6) is 0 Å². The van der Waals surface area contributed by atoms with E-state index >= 15 is 0 Å². The number of carbonyl (C=O) groups is 3. The molecule has 1 aliphatic heterocycles. The van der Waals surface area contributed by atoms with Gasteiger partial charge in [-0.25, -0.2) is 0 Å². The first-order valence-corrected chi connectivity index (χ1v) is 12.9. The molecule has 0 spiro atoms. The fourth-order valence-corrected chi connectivity index (χ4v) is 8.56. The van der Waals surface area contributed by atoms with Crippen molar-refractivity contribution < 1.29 is 14.4 Å². The minimum absolute atomic E-state index is 0.00903. The van der Waals surface area contributed by atoms with Crippen molar-refractivity contribution in [1.29, 1.82) is 0 Å². The lowest BCUT2D eigenvalue weighted by Crippen LogP contribution is -2.54. The Kier molecular flexibility index (Phi) is 5.53. The van der Waals surface area contributed by atoms with Gasteiger partial charge in [0.15, 0.2) is 5.78 Å². The predicted molar refractivity (Wildman–Crippen MR) is 133 cm³/mol. The maximum atomic E-state index is 13.5. The number of rotatable bonds is 3. The van der Waals surface area contributed by atoms with Crippen molar-refractivity contribution >= 4 is 23.3 Å². The first-order valence-electron chi connectivity index (χ1n) is 12.9. The summed E-state index contributed by atoms with van der Waals surface area (Å²) < 4.78 is 0. The highest BCUT2D eigenvalue weighted by atomic mass is 16.2. The van der Waals surface area contributed by atoms with Gasteiger partial charge in [-0.3, -0.25) is 14.4 Å². The molecule has 3 fully saturated rings. The van der Waals surface area contributed by atoms with Crippen molar-refractivity contribution in [1.82, 2.24) is 4.90 Å². The van der Waals surface area contributed by atoms with E-state index in [2.05, 4.69) is 26.1 Å².